The molecule has 8 heterocycles. The number of carbonyl (C=O) groups is 2. The van der Waals surface area contributed by atoms with Crippen LogP contribution in [0.1, 0.15) is 113 Å². The third-order valence-electron chi connectivity index (χ3n) is 18.3. The third kappa shape index (κ3) is 9.97. The van der Waals surface area contributed by atoms with Crippen molar-refractivity contribution in [2.45, 2.75) is 120 Å². The van der Waals surface area contributed by atoms with Gasteiger partial charge in [0.25, 0.3) is 0 Å². The van der Waals surface area contributed by atoms with Gasteiger partial charge in [-0.1, -0.05) is 37.6 Å². The zero-order valence-electron chi connectivity index (χ0n) is 44.2. The van der Waals surface area contributed by atoms with E-state index in [9.17, 15) is 14.7 Å². The van der Waals surface area contributed by atoms with Gasteiger partial charge in [-0.25, -0.2) is 8.78 Å². The third-order valence-corrected chi connectivity index (χ3v) is 18.3. The van der Waals surface area contributed by atoms with E-state index in [1.54, 1.807) is 6.20 Å². The number of amides is 2. The summed E-state index contributed by atoms with van der Waals surface area (Å²) in [7, 11) is 2.04. The first-order valence-corrected chi connectivity index (χ1v) is 27.9. The fourth-order valence-electron chi connectivity index (χ4n) is 13.9. The molecule has 6 aromatic rings. The molecule has 3 N–H and O–H groups in total. The number of likely N-dealkylation sites (tertiary alicyclic amines) is 3. The Morgan fingerprint density at radius 2 is 1.74 bits per heavy atom. The molecule has 3 atom stereocenters. The Hall–Kier alpha value is -6.74. The average molecular weight is 1050 g/mol. The molecule has 3 unspecified atom stereocenters. The van der Waals surface area contributed by atoms with Crippen molar-refractivity contribution in [3.8, 4) is 35.4 Å². The molecule has 3 aromatic heterocycles. The summed E-state index contributed by atoms with van der Waals surface area (Å²) in [6, 6.07) is 13.7. The van der Waals surface area contributed by atoms with Crippen molar-refractivity contribution in [1.82, 2.24) is 50.1 Å². The van der Waals surface area contributed by atoms with Gasteiger partial charge in [0.05, 0.1) is 28.7 Å². The Morgan fingerprint density at radius 1 is 0.987 bits per heavy atom. The Balaban J connectivity index is 0.637. The summed E-state index contributed by atoms with van der Waals surface area (Å²) in [5.41, 5.74) is 4.76. The molecule has 1 saturated carbocycles. The van der Waals surface area contributed by atoms with Gasteiger partial charge in [0.2, 0.25) is 12.3 Å². The van der Waals surface area contributed by atoms with Gasteiger partial charge in [-0.3, -0.25) is 24.2 Å². The Labute approximate surface area is 448 Å². The van der Waals surface area contributed by atoms with Crippen LogP contribution in [0.2, 0.25) is 0 Å². The van der Waals surface area contributed by atoms with Crippen LogP contribution < -0.4 is 20.3 Å². The molecule has 6 fully saturated rings. The van der Waals surface area contributed by atoms with Gasteiger partial charge >= 0.3 is 6.01 Å². The molecule has 3 aromatic carbocycles. The second-order valence-electron chi connectivity index (χ2n) is 23.2. The maximum Gasteiger partial charge on any atom is 0.319 e. The van der Waals surface area contributed by atoms with Crippen molar-refractivity contribution in [1.29, 1.82) is 0 Å². The van der Waals surface area contributed by atoms with Gasteiger partial charge < -0.3 is 35.2 Å². The number of fused-ring (bicyclic) bond motifs is 5. The molecule has 5 saturated heterocycles. The van der Waals surface area contributed by atoms with E-state index in [-0.39, 0.29) is 69.5 Å². The number of hydrogen-bond acceptors (Lipinski definition) is 12. The predicted octanol–water partition coefficient (Wildman–Crippen LogP) is 8.27. The summed E-state index contributed by atoms with van der Waals surface area (Å²) in [5, 5.41) is 24.3. The Morgan fingerprint density at radius 3 is 2.47 bits per heavy atom. The number of nitrogens with zero attached hydrogens (tertiary/aromatic N) is 9. The lowest BCUT2D eigenvalue weighted by molar-refractivity contribution is -0.137. The normalized spacial score (nSPS) is 21.9. The number of anilines is 1. The largest absolute Gasteiger partial charge is 0.508 e. The summed E-state index contributed by atoms with van der Waals surface area (Å²) in [6.07, 6.45) is 19.6. The molecular formula is C60H69F2N11O4. The van der Waals surface area contributed by atoms with Crippen molar-refractivity contribution in [3.63, 3.8) is 0 Å². The molecule has 12 rings (SSSR count). The summed E-state index contributed by atoms with van der Waals surface area (Å²) in [5.74, 6) is 2.41. The summed E-state index contributed by atoms with van der Waals surface area (Å²) >= 11 is 0. The number of phenolic OH excluding ortho intramolecular Hbond substituents is 1. The highest BCUT2D eigenvalue weighted by molar-refractivity contribution is 6.03. The minimum absolute atomic E-state index is 0.0167. The number of rotatable bonds is 14. The van der Waals surface area contributed by atoms with Crippen molar-refractivity contribution in [3.05, 3.63) is 89.4 Å². The highest BCUT2D eigenvalue weighted by atomic mass is 19.1. The van der Waals surface area contributed by atoms with Gasteiger partial charge in [0.1, 0.15) is 34.7 Å². The zero-order chi connectivity index (χ0) is 53.1. The van der Waals surface area contributed by atoms with Crippen LogP contribution >= 0.6 is 0 Å². The van der Waals surface area contributed by atoms with E-state index in [0.29, 0.717) is 85.9 Å². The molecule has 2 bridgehead atoms. The molecule has 1 aliphatic carbocycles. The van der Waals surface area contributed by atoms with Crippen LogP contribution in [-0.4, -0.2) is 140 Å². The van der Waals surface area contributed by atoms with Crippen LogP contribution in [0.4, 0.5) is 14.6 Å². The zero-order valence-corrected chi connectivity index (χ0v) is 44.2. The summed E-state index contributed by atoms with van der Waals surface area (Å²) in [4.78, 5) is 48.0. The van der Waals surface area contributed by atoms with E-state index in [1.807, 2.05) is 11.7 Å². The number of halogens is 2. The predicted molar refractivity (Wildman–Crippen MR) is 294 cm³/mol. The molecule has 402 valence electrons. The van der Waals surface area contributed by atoms with Crippen molar-refractivity contribution >= 4 is 50.7 Å². The number of phenols is 1. The van der Waals surface area contributed by atoms with Crippen molar-refractivity contribution < 1.29 is 28.2 Å². The van der Waals surface area contributed by atoms with E-state index >= 15 is 8.78 Å². The summed E-state index contributed by atoms with van der Waals surface area (Å²) < 4.78 is 40.8. The number of nitrogens with one attached hydrogen (secondary N) is 2. The van der Waals surface area contributed by atoms with E-state index in [0.717, 1.165) is 88.9 Å². The monoisotopic (exact) mass is 1050 g/mol. The standard InChI is InChI=1S/C60H69F2N11O4/c1-5-46-50(61)13-9-40-26-44(75)28-48(53(40)46)56-54(62)57-49(31-63-56)58(73-32-41-10-11-42(33-73)65-41)67-59(66-57)77-45-16-20-70(21-17-45)34-52(76)72-24-18-60(19-25-72)29-43(30-60)71-22-14-38(15-23-71)39-8-12-47-51(27-39)69(4)68-55(47)36(2)6-7-37(3)64-35-74/h1,8-9,12-13,26-28,31,35-36,38,41-43,45,65,75H,3,6-7,10-11,14-25,29-30,32-34H2,2,4H3,(H,64,74). The van der Waals surface area contributed by atoms with Crippen LogP contribution in [0.5, 0.6) is 11.8 Å². The number of piperidine rings is 3. The van der Waals surface area contributed by atoms with E-state index in [4.69, 9.17) is 26.2 Å². The molecule has 15 nitrogen and oxygen atoms in total. The number of ether oxygens (including phenoxy) is 1. The first-order chi connectivity index (χ1) is 37.3. The highest BCUT2D eigenvalue weighted by Gasteiger charge is 2.49. The number of aromatic nitrogens is 5. The fraction of sp³-hybridized carbons (Fsp3) is 0.500. The number of benzene rings is 3. The SMILES string of the molecule is C#Cc1c(F)ccc2cc(O)cc(-c3ncc4c(N5CC6CCC(C5)N6)nc(OC5CCN(CC(=O)N6CCC7(CC6)CC(N6CCC(c8ccc9c(C(C)CCC(=C)NC=O)nn(C)c9c8)CC6)C7)CC5)nc4c3F)c12. The smallest absolute Gasteiger partial charge is 0.319 e. The second-order valence-corrected chi connectivity index (χ2v) is 23.2. The first-order valence-electron chi connectivity index (χ1n) is 27.9. The van der Waals surface area contributed by atoms with Crippen LogP contribution in [0.15, 0.2) is 60.9 Å². The number of aromatic hydroxyl groups is 1. The minimum atomic E-state index is -0.748. The molecule has 2 amide bonds. The number of piperazine rings is 1. The van der Waals surface area contributed by atoms with Gasteiger partial charge in [-0.05, 0) is 137 Å². The lowest BCUT2D eigenvalue weighted by Gasteiger charge is -2.56. The van der Waals surface area contributed by atoms with Crippen molar-refractivity contribution in [2.75, 3.05) is 63.8 Å². The molecular weight excluding hydrogens is 977 g/mol. The number of carbonyl (C=O) groups excluding carboxylic acids is 2. The quantitative estimate of drug-likeness (QED) is 0.0710. The Bertz CT molecular complexity index is 3300. The molecule has 1 spiro atoms. The first kappa shape index (κ1) is 51.0. The van der Waals surface area contributed by atoms with E-state index in [2.05, 4.69) is 72.8 Å². The highest BCUT2D eigenvalue weighted by Crippen LogP contribution is 2.52. The number of hydrogen-bond donors (Lipinski definition) is 3. The second kappa shape index (κ2) is 20.9. The maximum absolute atomic E-state index is 17.1. The number of allylic oxidation sites excluding steroid dienone is 1. The van der Waals surface area contributed by atoms with Gasteiger partial charge in [-0.2, -0.15) is 15.1 Å². The fourth-order valence-corrected chi connectivity index (χ4v) is 13.9. The van der Waals surface area contributed by atoms with E-state index in [1.165, 1.54) is 53.6 Å². The molecule has 77 heavy (non-hydrogen) atoms. The van der Waals surface area contributed by atoms with Crippen LogP contribution in [0.3, 0.4) is 0 Å². The van der Waals surface area contributed by atoms with Gasteiger partial charge in [0.15, 0.2) is 5.82 Å². The van der Waals surface area contributed by atoms with E-state index < -0.39 is 11.6 Å². The van der Waals surface area contributed by atoms with Gasteiger partial charge in [0, 0.05) is 98.6 Å². The lowest BCUT2D eigenvalue weighted by Crippen LogP contribution is -2.57. The number of pyridine rings is 1. The average Bonchev–Trinajstić information content (AvgIpc) is 4.03. The van der Waals surface area contributed by atoms with Gasteiger partial charge in [-0.15, -0.1) is 6.42 Å². The number of terminal acetylenes is 1. The maximum atomic E-state index is 17.1. The summed E-state index contributed by atoms with van der Waals surface area (Å²) in [6.45, 7) is 13.1. The molecule has 6 aliphatic rings. The van der Waals surface area contributed by atoms with Crippen molar-refractivity contribution in [2.24, 2.45) is 12.5 Å². The molecule has 5 aliphatic heterocycles. The molecule has 0 radical (unpaired) electrons. The Kier molecular flexibility index (Phi) is 13.9. The number of aryl methyl sites for hydroxylation is 1. The lowest BCUT2D eigenvalue weighted by atomic mass is 9.59. The topological polar surface area (TPSA) is 157 Å². The van der Waals surface area contributed by atoms with Crippen LogP contribution in [-0.2, 0) is 16.6 Å². The minimum Gasteiger partial charge on any atom is -0.508 e. The van der Waals surface area contributed by atoms with Crippen LogP contribution in [0, 0.1) is 29.4 Å². The molecule has 17 heteroatoms. The van der Waals surface area contributed by atoms with Crippen LogP contribution in [0.25, 0.3) is 43.8 Å².